The molecule has 1 rings (SSSR count). The summed E-state index contributed by atoms with van der Waals surface area (Å²) < 4.78 is 12.6. The molecule has 1 N–H and O–H groups in total. The van der Waals surface area contributed by atoms with Gasteiger partial charge in [-0.1, -0.05) is 0 Å². The molecular formula is C12H23N3O2. The Morgan fingerprint density at radius 1 is 1.47 bits per heavy atom. The van der Waals surface area contributed by atoms with E-state index in [4.69, 9.17) is 9.47 Å². The predicted molar refractivity (Wildman–Crippen MR) is 67.0 cm³/mol. The van der Waals surface area contributed by atoms with Crippen LogP contribution in [0.25, 0.3) is 0 Å². The van der Waals surface area contributed by atoms with E-state index in [1.54, 1.807) is 14.2 Å². The summed E-state index contributed by atoms with van der Waals surface area (Å²) in [5.41, 5.74) is 1.03. The third-order valence-corrected chi connectivity index (χ3v) is 3.06. The van der Waals surface area contributed by atoms with Gasteiger partial charge < -0.3 is 19.4 Å². The standard InChI is InChI=1S/C12H23N3O2/c1-12(2,13-3)11-6-14-9-15(11)7-10(17-5)8-16-4/h6,9-10,13H,7-8H2,1-5H3. The van der Waals surface area contributed by atoms with Gasteiger partial charge in [0.25, 0.3) is 0 Å². The van der Waals surface area contributed by atoms with Crippen molar-refractivity contribution in [2.75, 3.05) is 27.9 Å². The molecule has 1 aromatic rings. The molecule has 0 saturated carbocycles. The van der Waals surface area contributed by atoms with Gasteiger partial charge in [0.1, 0.15) is 0 Å². The van der Waals surface area contributed by atoms with Gasteiger partial charge in [0, 0.05) is 20.4 Å². The fourth-order valence-corrected chi connectivity index (χ4v) is 1.72. The summed E-state index contributed by atoms with van der Waals surface area (Å²) >= 11 is 0. The highest BCUT2D eigenvalue weighted by Gasteiger charge is 2.23. The normalized spacial score (nSPS) is 13.9. The maximum absolute atomic E-state index is 5.37. The molecule has 0 radical (unpaired) electrons. The van der Waals surface area contributed by atoms with Crippen LogP contribution in [-0.4, -0.2) is 43.5 Å². The van der Waals surface area contributed by atoms with Crippen LogP contribution in [0, 0.1) is 0 Å². The summed E-state index contributed by atoms with van der Waals surface area (Å²) in [6.07, 6.45) is 3.76. The maximum Gasteiger partial charge on any atom is 0.0983 e. The Labute approximate surface area is 103 Å². The lowest BCUT2D eigenvalue weighted by molar-refractivity contribution is 0.0174. The third kappa shape index (κ3) is 3.52. The molecule has 17 heavy (non-hydrogen) atoms. The van der Waals surface area contributed by atoms with Crippen LogP contribution in [0.1, 0.15) is 19.5 Å². The molecule has 0 saturated heterocycles. The van der Waals surface area contributed by atoms with Gasteiger partial charge in [-0.05, 0) is 20.9 Å². The Bertz CT molecular complexity index is 336. The summed E-state index contributed by atoms with van der Waals surface area (Å²) in [5.74, 6) is 0. The lowest BCUT2D eigenvalue weighted by atomic mass is 10.0. The van der Waals surface area contributed by atoms with Crippen LogP contribution in [0.3, 0.4) is 0 Å². The molecule has 0 aromatic carbocycles. The third-order valence-electron chi connectivity index (χ3n) is 3.06. The van der Waals surface area contributed by atoms with Gasteiger partial charge in [0.15, 0.2) is 0 Å². The zero-order chi connectivity index (χ0) is 12.9. The quantitative estimate of drug-likeness (QED) is 0.773. The van der Waals surface area contributed by atoms with Crippen molar-refractivity contribution < 1.29 is 9.47 Å². The minimum atomic E-state index is -0.109. The van der Waals surface area contributed by atoms with Crippen LogP contribution < -0.4 is 5.32 Å². The van der Waals surface area contributed by atoms with Crippen LogP contribution in [0.15, 0.2) is 12.5 Å². The number of rotatable bonds is 7. The first kappa shape index (κ1) is 14.2. The highest BCUT2D eigenvalue weighted by molar-refractivity contribution is 5.11. The Kier molecular flexibility index (Phi) is 5.11. The molecule has 0 amide bonds. The van der Waals surface area contributed by atoms with Crippen molar-refractivity contribution in [1.29, 1.82) is 0 Å². The van der Waals surface area contributed by atoms with Crippen molar-refractivity contribution >= 4 is 0 Å². The SMILES string of the molecule is CNC(C)(C)c1cncn1CC(COC)OC. The van der Waals surface area contributed by atoms with Crippen molar-refractivity contribution in [2.45, 2.75) is 32.0 Å². The number of aromatic nitrogens is 2. The van der Waals surface area contributed by atoms with Gasteiger partial charge in [-0.3, -0.25) is 0 Å². The summed E-state index contributed by atoms with van der Waals surface area (Å²) in [5, 5.41) is 3.27. The van der Waals surface area contributed by atoms with Crippen LogP contribution in [0.2, 0.25) is 0 Å². The second-order valence-corrected chi connectivity index (χ2v) is 4.62. The zero-order valence-electron chi connectivity index (χ0n) is 11.4. The van der Waals surface area contributed by atoms with E-state index in [1.807, 2.05) is 19.6 Å². The number of imidazole rings is 1. The number of methoxy groups -OCH3 is 2. The van der Waals surface area contributed by atoms with Gasteiger partial charge >= 0.3 is 0 Å². The second-order valence-electron chi connectivity index (χ2n) is 4.62. The van der Waals surface area contributed by atoms with Gasteiger partial charge in [0.2, 0.25) is 0 Å². The van der Waals surface area contributed by atoms with E-state index in [2.05, 4.69) is 28.7 Å². The molecule has 0 spiro atoms. The Morgan fingerprint density at radius 3 is 2.71 bits per heavy atom. The van der Waals surface area contributed by atoms with Gasteiger partial charge in [-0.25, -0.2) is 4.98 Å². The van der Waals surface area contributed by atoms with Crippen molar-refractivity contribution in [3.63, 3.8) is 0 Å². The first-order valence-corrected chi connectivity index (χ1v) is 5.76. The van der Waals surface area contributed by atoms with Crippen molar-refractivity contribution in [1.82, 2.24) is 14.9 Å². The molecule has 0 aliphatic rings. The van der Waals surface area contributed by atoms with Crippen molar-refractivity contribution in [2.24, 2.45) is 0 Å². The van der Waals surface area contributed by atoms with Crippen molar-refractivity contribution in [3.05, 3.63) is 18.2 Å². The number of hydrogen-bond acceptors (Lipinski definition) is 4. The van der Waals surface area contributed by atoms with Crippen molar-refractivity contribution in [3.8, 4) is 0 Å². The maximum atomic E-state index is 5.37. The van der Waals surface area contributed by atoms with Crippen LogP contribution in [0.5, 0.6) is 0 Å². The molecule has 0 bridgehead atoms. The first-order valence-electron chi connectivity index (χ1n) is 5.76. The Hall–Kier alpha value is -0.910. The predicted octanol–water partition coefficient (Wildman–Crippen LogP) is 0.999. The second kappa shape index (κ2) is 6.14. The highest BCUT2D eigenvalue weighted by Crippen LogP contribution is 2.19. The average molecular weight is 241 g/mol. The molecule has 5 nitrogen and oxygen atoms in total. The minimum Gasteiger partial charge on any atom is -0.382 e. The van der Waals surface area contributed by atoms with E-state index in [0.717, 1.165) is 12.2 Å². The van der Waals surface area contributed by atoms with Crippen LogP contribution >= 0.6 is 0 Å². The number of hydrogen-bond donors (Lipinski definition) is 1. The molecule has 1 heterocycles. The smallest absolute Gasteiger partial charge is 0.0983 e. The largest absolute Gasteiger partial charge is 0.382 e. The molecule has 0 fully saturated rings. The summed E-state index contributed by atoms with van der Waals surface area (Å²) in [7, 11) is 5.32. The Balaban J connectivity index is 2.81. The average Bonchev–Trinajstić information content (AvgIpc) is 2.77. The number of nitrogens with one attached hydrogen (secondary N) is 1. The molecule has 1 aromatic heterocycles. The van der Waals surface area contributed by atoms with E-state index in [1.165, 1.54) is 0 Å². The van der Waals surface area contributed by atoms with Gasteiger partial charge in [-0.15, -0.1) is 0 Å². The van der Waals surface area contributed by atoms with E-state index in [0.29, 0.717) is 6.61 Å². The summed E-state index contributed by atoms with van der Waals surface area (Å²) in [6.45, 7) is 5.57. The monoisotopic (exact) mass is 241 g/mol. The topological polar surface area (TPSA) is 48.3 Å². The van der Waals surface area contributed by atoms with Crippen LogP contribution in [-0.2, 0) is 21.6 Å². The number of ether oxygens (including phenoxy) is 2. The Morgan fingerprint density at radius 2 is 2.18 bits per heavy atom. The van der Waals surface area contributed by atoms with E-state index in [-0.39, 0.29) is 11.6 Å². The molecule has 1 atom stereocenters. The fourth-order valence-electron chi connectivity index (χ4n) is 1.72. The fraction of sp³-hybridized carbons (Fsp3) is 0.750. The van der Waals surface area contributed by atoms with E-state index < -0.39 is 0 Å². The molecule has 0 aliphatic carbocycles. The van der Waals surface area contributed by atoms with E-state index >= 15 is 0 Å². The number of nitrogens with zero attached hydrogens (tertiary/aromatic N) is 2. The molecule has 5 heteroatoms. The molecule has 98 valence electrons. The minimum absolute atomic E-state index is 0.0422. The van der Waals surface area contributed by atoms with Gasteiger partial charge in [0.05, 0.1) is 36.8 Å². The highest BCUT2D eigenvalue weighted by atomic mass is 16.5. The summed E-state index contributed by atoms with van der Waals surface area (Å²) in [4.78, 5) is 4.21. The van der Waals surface area contributed by atoms with E-state index in [9.17, 15) is 0 Å². The zero-order valence-corrected chi connectivity index (χ0v) is 11.4. The van der Waals surface area contributed by atoms with Gasteiger partial charge in [-0.2, -0.15) is 0 Å². The molecule has 0 aliphatic heterocycles. The summed E-state index contributed by atoms with van der Waals surface area (Å²) in [6, 6.07) is 0. The molecule has 1 unspecified atom stereocenters. The van der Waals surface area contributed by atoms with Crippen LogP contribution in [0.4, 0.5) is 0 Å². The lowest BCUT2D eigenvalue weighted by Crippen LogP contribution is -2.36. The lowest BCUT2D eigenvalue weighted by Gasteiger charge is -2.26. The first-order chi connectivity index (χ1) is 8.05. The molecular weight excluding hydrogens is 218 g/mol.